The first kappa shape index (κ1) is 30.8. The van der Waals surface area contributed by atoms with Gasteiger partial charge in [-0.3, -0.25) is 14.4 Å². The number of carboxylic acids is 1. The van der Waals surface area contributed by atoms with Crippen molar-refractivity contribution in [2.45, 2.75) is 98.1 Å². The fourth-order valence-electron chi connectivity index (χ4n) is 8.20. The highest BCUT2D eigenvalue weighted by molar-refractivity contribution is 6.30. The Balaban J connectivity index is 1.40. The Bertz CT molecular complexity index is 1120. The van der Waals surface area contributed by atoms with Crippen molar-refractivity contribution >= 4 is 29.4 Å². The molecule has 0 aromatic heterocycles. The summed E-state index contributed by atoms with van der Waals surface area (Å²) in [7, 11) is 0. The van der Waals surface area contributed by atoms with Gasteiger partial charge in [0.25, 0.3) is 0 Å². The van der Waals surface area contributed by atoms with Gasteiger partial charge in [-0.25, -0.2) is 0 Å². The number of carbonyl (C=O) groups is 3. The molecule has 40 heavy (non-hydrogen) atoms. The topological polar surface area (TPSA) is 107 Å². The van der Waals surface area contributed by atoms with E-state index in [1.807, 2.05) is 46.8 Å². The molecule has 2 aliphatic carbocycles. The van der Waals surface area contributed by atoms with E-state index in [1.54, 1.807) is 17.0 Å². The van der Waals surface area contributed by atoms with Gasteiger partial charge in [0, 0.05) is 29.9 Å². The van der Waals surface area contributed by atoms with Crippen LogP contribution in [0, 0.1) is 34.0 Å². The number of aliphatic carboxylic acids is 1. The quantitative estimate of drug-likeness (QED) is 0.391. The van der Waals surface area contributed by atoms with Crippen LogP contribution in [0.2, 0.25) is 5.02 Å². The van der Waals surface area contributed by atoms with Crippen LogP contribution in [0.15, 0.2) is 24.3 Å². The number of hydrogen-bond acceptors (Lipinski definition) is 4. The zero-order valence-corrected chi connectivity index (χ0v) is 25.7. The van der Waals surface area contributed by atoms with E-state index in [9.17, 15) is 24.6 Å². The number of amides is 2. The van der Waals surface area contributed by atoms with E-state index >= 15 is 0 Å². The van der Waals surface area contributed by atoms with Crippen molar-refractivity contribution in [3.8, 4) is 0 Å². The maximum absolute atomic E-state index is 13.8. The summed E-state index contributed by atoms with van der Waals surface area (Å²) in [6.45, 7) is 12.6. The number of rotatable bonds is 7. The summed E-state index contributed by atoms with van der Waals surface area (Å²) in [5.74, 6) is -0.421. The lowest BCUT2D eigenvalue weighted by Gasteiger charge is -2.51. The second kappa shape index (κ2) is 10.9. The molecule has 1 aliphatic heterocycles. The molecule has 3 aliphatic rings. The highest BCUT2D eigenvalue weighted by Crippen LogP contribution is 2.55. The lowest BCUT2D eigenvalue weighted by molar-refractivity contribution is -0.157. The van der Waals surface area contributed by atoms with Crippen molar-refractivity contribution in [1.29, 1.82) is 0 Å². The summed E-state index contributed by atoms with van der Waals surface area (Å²) in [4.78, 5) is 40.8. The van der Waals surface area contributed by atoms with E-state index in [4.69, 9.17) is 11.6 Å². The molecule has 1 saturated heterocycles. The Hall–Kier alpha value is -2.12. The number of halogens is 1. The third-order valence-electron chi connectivity index (χ3n) is 10.1. The first-order chi connectivity index (χ1) is 18.5. The van der Waals surface area contributed by atoms with Crippen LogP contribution in [0.25, 0.3) is 0 Å². The highest BCUT2D eigenvalue weighted by atomic mass is 35.5. The summed E-state index contributed by atoms with van der Waals surface area (Å²) in [5, 5.41) is 25.1. The predicted molar refractivity (Wildman–Crippen MR) is 156 cm³/mol. The van der Waals surface area contributed by atoms with Crippen molar-refractivity contribution < 1.29 is 24.6 Å². The second-order valence-electron chi connectivity index (χ2n) is 14.7. The molecule has 4 atom stereocenters. The fraction of sp³-hybridized carbons (Fsp3) is 0.719. The van der Waals surface area contributed by atoms with Crippen LogP contribution in [0.5, 0.6) is 0 Å². The van der Waals surface area contributed by atoms with Crippen molar-refractivity contribution in [2.75, 3.05) is 13.1 Å². The van der Waals surface area contributed by atoms with Gasteiger partial charge in [-0.2, -0.15) is 0 Å². The summed E-state index contributed by atoms with van der Waals surface area (Å²) in [6, 6.07) is 6.60. The number of fused-ring (bicyclic) bond motifs is 2. The van der Waals surface area contributed by atoms with Gasteiger partial charge in [0.15, 0.2) is 0 Å². The molecule has 0 spiro atoms. The summed E-state index contributed by atoms with van der Waals surface area (Å²) < 4.78 is 0. The number of piperidine rings is 1. The van der Waals surface area contributed by atoms with Gasteiger partial charge >= 0.3 is 5.97 Å². The molecule has 3 fully saturated rings. The predicted octanol–water partition coefficient (Wildman–Crippen LogP) is 5.62. The van der Waals surface area contributed by atoms with Gasteiger partial charge in [-0.15, -0.1) is 0 Å². The number of carbonyl (C=O) groups excluding carboxylic acids is 2. The SMILES string of the molecule is CC(C)[C@@H](NC(=O)CC1(C)CC2CC(C1)CC(C)(C(=O)O)C2)C(=O)N1CC[C@](O)(c2ccc(Cl)cc2)C(C)(C)C1. The van der Waals surface area contributed by atoms with E-state index in [1.165, 1.54) is 0 Å². The van der Waals surface area contributed by atoms with E-state index in [0.29, 0.717) is 55.6 Å². The zero-order chi connectivity index (χ0) is 29.7. The van der Waals surface area contributed by atoms with Crippen LogP contribution in [0.3, 0.4) is 0 Å². The van der Waals surface area contributed by atoms with Crippen LogP contribution in [0.4, 0.5) is 0 Å². The zero-order valence-electron chi connectivity index (χ0n) is 24.9. The maximum Gasteiger partial charge on any atom is 0.309 e. The molecule has 2 bridgehead atoms. The normalized spacial score (nSPS) is 34.3. The third-order valence-corrected chi connectivity index (χ3v) is 10.4. The van der Waals surface area contributed by atoms with E-state index < -0.39 is 28.4 Å². The number of aliphatic hydroxyl groups is 1. The van der Waals surface area contributed by atoms with Crippen LogP contribution in [-0.2, 0) is 20.0 Å². The van der Waals surface area contributed by atoms with Crippen molar-refractivity contribution in [3.05, 3.63) is 34.9 Å². The summed E-state index contributed by atoms with van der Waals surface area (Å²) in [6.07, 6.45) is 4.77. The van der Waals surface area contributed by atoms with Gasteiger partial charge in [0.1, 0.15) is 6.04 Å². The molecule has 1 aromatic carbocycles. The molecule has 4 rings (SSSR count). The average molecular weight is 575 g/mol. The second-order valence-corrected chi connectivity index (χ2v) is 15.1. The van der Waals surface area contributed by atoms with Crippen molar-refractivity contribution in [1.82, 2.24) is 10.2 Å². The number of carboxylic acid groups (broad SMARTS) is 1. The summed E-state index contributed by atoms with van der Waals surface area (Å²) >= 11 is 6.06. The average Bonchev–Trinajstić information content (AvgIpc) is 2.82. The Morgan fingerprint density at radius 3 is 2.10 bits per heavy atom. The molecule has 8 heteroatoms. The van der Waals surface area contributed by atoms with Gasteiger partial charge in [-0.05, 0) is 86.3 Å². The van der Waals surface area contributed by atoms with Gasteiger partial charge in [0.2, 0.25) is 11.8 Å². The molecule has 1 heterocycles. The molecular weight excluding hydrogens is 528 g/mol. The third kappa shape index (κ3) is 6.06. The highest BCUT2D eigenvalue weighted by Gasteiger charge is 2.51. The molecular formula is C32H47ClN2O5. The summed E-state index contributed by atoms with van der Waals surface area (Å²) in [5.41, 5.74) is -1.80. The lowest BCUT2D eigenvalue weighted by Crippen LogP contribution is -2.60. The maximum atomic E-state index is 13.8. The number of benzene rings is 1. The van der Waals surface area contributed by atoms with E-state index in [2.05, 4.69) is 12.2 Å². The first-order valence-electron chi connectivity index (χ1n) is 14.8. The standard InChI is InChI=1S/C32H47ClN2O5/c1-20(2)26(27(37)35-12-11-32(40,29(3,4)19-35)23-7-9-24(33)10-8-23)34-25(36)18-30(5)14-21-13-22(15-30)17-31(6,16-21)28(38)39/h7-10,20-22,26,40H,11-19H2,1-6H3,(H,34,36)(H,38,39)/t21?,22?,26-,30?,31?,32+/m1/s1. The van der Waals surface area contributed by atoms with Gasteiger partial charge < -0.3 is 20.4 Å². The van der Waals surface area contributed by atoms with E-state index in [-0.39, 0.29) is 23.1 Å². The molecule has 0 radical (unpaired) electrons. The number of likely N-dealkylation sites (tertiary alicyclic amines) is 1. The number of nitrogens with one attached hydrogen (secondary N) is 1. The van der Waals surface area contributed by atoms with Gasteiger partial charge in [0.05, 0.1) is 11.0 Å². The molecule has 2 amide bonds. The Morgan fingerprint density at radius 2 is 1.60 bits per heavy atom. The molecule has 2 saturated carbocycles. The minimum Gasteiger partial charge on any atom is -0.481 e. The lowest BCUT2D eigenvalue weighted by atomic mass is 9.55. The minimum atomic E-state index is -1.10. The smallest absolute Gasteiger partial charge is 0.309 e. The Labute approximate surface area is 244 Å². The monoisotopic (exact) mass is 574 g/mol. The van der Waals surface area contributed by atoms with Crippen LogP contribution >= 0.6 is 11.6 Å². The largest absolute Gasteiger partial charge is 0.481 e. The van der Waals surface area contributed by atoms with Crippen LogP contribution < -0.4 is 5.32 Å². The van der Waals surface area contributed by atoms with Crippen molar-refractivity contribution in [3.63, 3.8) is 0 Å². The number of hydrogen-bond donors (Lipinski definition) is 3. The molecule has 3 N–H and O–H groups in total. The van der Waals surface area contributed by atoms with Crippen LogP contribution in [0.1, 0.15) is 92.1 Å². The fourth-order valence-corrected chi connectivity index (χ4v) is 8.32. The Kier molecular flexibility index (Phi) is 8.43. The number of nitrogens with zero attached hydrogens (tertiary/aromatic N) is 1. The van der Waals surface area contributed by atoms with Crippen molar-refractivity contribution in [2.24, 2.45) is 34.0 Å². The minimum absolute atomic E-state index is 0.0912. The molecule has 1 aromatic rings. The van der Waals surface area contributed by atoms with Gasteiger partial charge in [-0.1, -0.05) is 58.4 Å². The molecule has 7 nitrogen and oxygen atoms in total. The molecule has 2 unspecified atom stereocenters. The molecule has 222 valence electrons. The Morgan fingerprint density at radius 1 is 1.02 bits per heavy atom. The van der Waals surface area contributed by atoms with E-state index in [0.717, 1.165) is 24.8 Å². The van der Waals surface area contributed by atoms with Crippen LogP contribution in [-0.4, -0.2) is 52.0 Å². The first-order valence-corrected chi connectivity index (χ1v) is 15.1.